The lowest BCUT2D eigenvalue weighted by molar-refractivity contribution is -0.123. The lowest BCUT2D eigenvalue weighted by Gasteiger charge is -2.16. The summed E-state index contributed by atoms with van der Waals surface area (Å²) in [4.78, 5) is 47.9. The number of carboxylic acid groups (broad SMARTS) is 1. The van der Waals surface area contributed by atoms with Crippen LogP contribution < -0.4 is 0 Å². The maximum atomic E-state index is 13.7. The summed E-state index contributed by atoms with van der Waals surface area (Å²) in [6, 6.07) is 14.1. The fourth-order valence-electron chi connectivity index (χ4n) is 4.47. The Kier molecular flexibility index (Phi) is 8.04. The number of aromatic nitrogens is 2. The van der Waals surface area contributed by atoms with Crippen molar-refractivity contribution in [1.82, 2.24) is 19.4 Å². The van der Waals surface area contributed by atoms with Crippen molar-refractivity contribution in [2.45, 2.75) is 45.8 Å². The molecule has 39 heavy (non-hydrogen) atoms. The molecule has 8 nitrogen and oxygen atoms in total. The highest BCUT2D eigenvalue weighted by atomic mass is 32.1. The number of hydrogen-bond acceptors (Lipinski definition) is 6. The third-order valence-corrected chi connectivity index (χ3v) is 8.28. The van der Waals surface area contributed by atoms with E-state index in [9.17, 15) is 19.5 Å². The van der Waals surface area contributed by atoms with Crippen LogP contribution in [-0.2, 0) is 30.8 Å². The van der Waals surface area contributed by atoms with E-state index in [0.717, 1.165) is 40.4 Å². The van der Waals surface area contributed by atoms with Crippen LogP contribution in [0.5, 0.6) is 0 Å². The molecule has 4 heterocycles. The fourth-order valence-corrected chi connectivity index (χ4v) is 5.86. The standard InChI is InChI=1S/C29H28N4O4S2/c1-2-3-8-26-30-16-22(31(26)17-20-9-11-21(12-10-20)28(35)36)15-25-27(34)33(19-24-7-5-14-39-24)29(37)32(25)18-23-6-4-13-38-23/h4-7,9-16H,2-3,8,17-19H2,1H3,(H,35,36)/b25-15+. The van der Waals surface area contributed by atoms with Crippen LogP contribution in [0.15, 0.2) is 71.2 Å². The first-order chi connectivity index (χ1) is 18.9. The minimum absolute atomic E-state index is 0.225. The van der Waals surface area contributed by atoms with Crippen LogP contribution in [0.25, 0.3) is 6.08 Å². The zero-order chi connectivity index (χ0) is 27.4. The van der Waals surface area contributed by atoms with Crippen molar-refractivity contribution in [3.63, 3.8) is 0 Å². The molecule has 1 saturated heterocycles. The molecule has 1 fully saturated rings. The Morgan fingerprint density at radius 3 is 2.21 bits per heavy atom. The number of rotatable bonds is 11. The largest absolute Gasteiger partial charge is 0.478 e. The average molecular weight is 561 g/mol. The normalized spacial score (nSPS) is 14.6. The quantitative estimate of drug-likeness (QED) is 0.177. The Balaban J connectivity index is 1.52. The van der Waals surface area contributed by atoms with Gasteiger partial charge in [0.15, 0.2) is 0 Å². The number of unbranched alkanes of at least 4 members (excludes halogenated alkanes) is 1. The molecule has 3 aromatic heterocycles. The van der Waals surface area contributed by atoms with Crippen molar-refractivity contribution in [2.75, 3.05) is 0 Å². The second-order valence-electron chi connectivity index (χ2n) is 9.24. The monoisotopic (exact) mass is 560 g/mol. The minimum Gasteiger partial charge on any atom is -0.478 e. The molecule has 1 aliphatic rings. The average Bonchev–Trinajstić information content (AvgIpc) is 3.74. The van der Waals surface area contributed by atoms with Crippen LogP contribution in [0.4, 0.5) is 4.79 Å². The predicted octanol–water partition coefficient (Wildman–Crippen LogP) is 6.10. The molecule has 4 aromatic rings. The molecule has 0 bridgehead atoms. The van der Waals surface area contributed by atoms with E-state index in [4.69, 9.17) is 0 Å². The minimum atomic E-state index is -0.972. The highest BCUT2D eigenvalue weighted by Gasteiger charge is 2.41. The molecule has 5 rings (SSSR count). The number of urea groups is 1. The molecule has 0 atom stereocenters. The van der Waals surface area contributed by atoms with Crippen molar-refractivity contribution in [1.29, 1.82) is 0 Å². The van der Waals surface area contributed by atoms with Gasteiger partial charge in [-0.05, 0) is 53.1 Å². The van der Waals surface area contributed by atoms with Crippen LogP contribution in [0.3, 0.4) is 0 Å². The third kappa shape index (κ3) is 5.86. The van der Waals surface area contributed by atoms with Gasteiger partial charge in [0.2, 0.25) is 0 Å². The van der Waals surface area contributed by atoms with Crippen molar-refractivity contribution < 1.29 is 19.5 Å². The molecule has 1 aliphatic heterocycles. The summed E-state index contributed by atoms with van der Waals surface area (Å²) < 4.78 is 2.04. The lowest BCUT2D eigenvalue weighted by Crippen LogP contribution is -2.31. The molecule has 0 radical (unpaired) electrons. The number of aromatic carboxylic acids is 1. The van der Waals surface area contributed by atoms with Crippen LogP contribution in [0, 0.1) is 0 Å². The number of amides is 3. The number of hydrogen-bond donors (Lipinski definition) is 1. The van der Waals surface area contributed by atoms with Crippen molar-refractivity contribution in [3.8, 4) is 0 Å². The van der Waals surface area contributed by atoms with Gasteiger partial charge in [-0.2, -0.15) is 0 Å². The maximum absolute atomic E-state index is 13.7. The fraction of sp³-hybridized carbons (Fsp3) is 0.241. The lowest BCUT2D eigenvalue weighted by atomic mass is 10.1. The molecule has 1 N–H and O–H groups in total. The van der Waals surface area contributed by atoms with E-state index in [1.165, 1.54) is 16.2 Å². The molecule has 0 aliphatic carbocycles. The summed E-state index contributed by atoms with van der Waals surface area (Å²) in [7, 11) is 0. The van der Waals surface area contributed by atoms with Gasteiger partial charge in [-0.1, -0.05) is 37.6 Å². The summed E-state index contributed by atoms with van der Waals surface area (Å²) in [5.41, 5.74) is 2.17. The van der Waals surface area contributed by atoms with Gasteiger partial charge in [0, 0.05) is 22.7 Å². The van der Waals surface area contributed by atoms with E-state index in [2.05, 4.69) is 11.9 Å². The van der Waals surface area contributed by atoms with Crippen LogP contribution in [0.1, 0.15) is 57.0 Å². The van der Waals surface area contributed by atoms with Gasteiger partial charge in [-0.3, -0.25) is 14.6 Å². The number of benzene rings is 1. The number of aryl methyl sites for hydroxylation is 1. The smallest absolute Gasteiger partial charge is 0.335 e. The molecule has 0 unspecified atom stereocenters. The highest BCUT2D eigenvalue weighted by Crippen LogP contribution is 2.29. The Morgan fingerprint density at radius 1 is 0.949 bits per heavy atom. The van der Waals surface area contributed by atoms with Gasteiger partial charge in [0.05, 0.1) is 30.5 Å². The zero-order valence-electron chi connectivity index (χ0n) is 21.4. The van der Waals surface area contributed by atoms with Gasteiger partial charge in [-0.15, -0.1) is 22.7 Å². The van der Waals surface area contributed by atoms with E-state index < -0.39 is 5.97 Å². The van der Waals surface area contributed by atoms with Crippen LogP contribution in [0.2, 0.25) is 0 Å². The van der Waals surface area contributed by atoms with Crippen LogP contribution in [-0.4, -0.2) is 42.4 Å². The van der Waals surface area contributed by atoms with Gasteiger partial charge in [-0.25, -0.2) is 14.6 Å². The topological polar surface area (TPSA) is 95.7 Å². The van der Waals surface area contributed by atoms with E-state index in [1.807, 2.05) is 39.6 Å². The van der Waals surface area contributed by atoms with E-state index in [-0.39, 0.29) is 24.0 Å². The van der Waals surface area contributed by atoms with Gasteiger partial charge in [0.25, 0.3) is 5.91 Å². The second-order valence-corrected chi connectivity index (χ2v) is 11.3. The number of carbonyl (C=O) groups excluding carboxylic acids is 2. The van der Waals surface area contributed by atoms with Crippen molar-refractivity contribution in [2.24, 2.45) is 0 Å². The second kappa shape index (κ2) is 11.8. The van der Waals surface area contributed by atoms with Gasteiger partial charge in [0.1, 0.15) is 11.5 Å². The molecule has 0 saturated carbocycles. The first kappa shape index (κ1) is 26.6. The molecular weight excluding hydrogens is 532 g/mol. The van der Waals surface area contributed by atoms with Gasteiger partial charge >= 0.3 is 12.0 Å². The molecule has 200 valence electrons. The Bertz CT molecular complexity index is 1490. The Morgan fingerprint density at radius 2 is 1.62 bits per heavy atom. The SMILES string of the molecule is CCCCc1ncc(/C=C2\C(=O)N(Cc3cccs3)C(=O)N2Cc2cccs2)n1Cc1ccc(C(=O)O)cc1. The first-order valence-corrected chi connectivity index (χ1v) is 14.5. The van der Waals surface area contributed by atoms with Crippen molar-refractivity contribution in [3.05, 3.63) is 104 Å². The maximum Gasteiger partial charge on any atom is 0.335 e. The van der Waals surface area contributed by atoms with E-state index in [1.54, 1.807) is 52.8 Å². The predicted molar refractivity (Wildman–Crippen MR) is 151 cm³/mol. The number of imide groups is 1. The number of imidazole rings is 1. The van der Waals surface area contributed by atoms with E-state index in [0.29, 0.717) is 24.5 Å². The summed E-state index contributed by atoms with van der Waals surface area (Å²) >= 11 is 3.05. The number of thiophene rings is 2. The Labute approximate surface area is 234 Å². The first-order valence-electron chi connectivity index (χ1n) is 12.7. The summed E-state index contributed by atoms with van der Waals surface area (Å²) in [6.45, 7) is 3.12. The van der Waals surface area contributed by atoms with Crippen LogP contribution >= 0.6 is 22.7 Å². The van der Waals surface area contributed by atoms with Crippen molar-refractivity contribution >= 4 is 46.7 Å². The Hall–Kier alpha value is -4.02. The van der Waals surface area contributed by atoms with E-state index >= 15 is 0 Å². The molecule has 1 aromatic carbocycles. The molecule has 10 heteroatoms. The summed E-state index contributed by atoms with van der Waals surface area (Å²) in [5, 5.41) is 13.1. The van der Waals surface area contributed by atoms with Gasteiger partial charge < -0.3 is 9.67 Å². The molecular formula is C29H28N4O4S2. The zero-order valence-corrected chi connectivity index (χ0v) is 23.1. The summed E-state index contributed by atoms with van der Waals surface area (Å²) in [5.74, 6) is -0.428. The third-order valence-electron chi connectivity index (χ3n) is 6.55. The summed E-state index contributed by atoms with van der Waals surface area (Å²) in [6.07, 6.45) is 6.24. The number of carboxylic acids is 1. The molecule has 0 spiro atoms. The molecule has 3 amide bonds. The highest BCUT2D eigenvalue weighted by molar-refractivity contribution is 7.10. The number of nitrogens with zero attached hydrogens (tertiary/aromatic N) is 4. The number of carbonyl (C=O) groups is 3.